The van der Waals surface area contributed by atoms with Gasteiger partial charge in [0.1, 0.15) is 5.82 Å². The number of nitrogens with one attached hydrogen (secondary N) is 2. The summed E-state index contributed by atoms with van der Waals surface area (Å²) in [5.74, 6) is -0.890. The fourth-order valence-corrected chi connectivity index (χ4v) is 3.90. The molecule has 4 nitrogen and oxygen atoms in total. The minimum atomic E-state index is -0.353. The summed E-state index contributed by atoms with van der Waals surface area (Å²) in [5.41, 5.74) is 3.12. The second-order valence-corrected chi connectivity index (χ2v) is 7.68. The Bertz CT molecular complexity index is 1140. The van der Waals surface area contributed by atoms with E-state index in [1.54, 1.807) is 19.1 Å². The van der Waals surface area contributed by atoms with Crippen LogP contribution in [0.1, 0.15) is 21.5 Å². The lowest BCUT2D eigenvalue weighted by molar-refractivity contribution is -0.112. The van der Waals surface area contributed by atoms with Gasteiger partial charge in [-0.15, -0.1) is 0 Å². The zero-order chi connectivity index (χ0) is 20.4. The molecule has 1 heterocycles. The first-order chi connectivity index (χ1) is 14.0. The number of benzene rings is 3. The van der Waals surface area contributed by atoms with Crippen molar-refractivity contribution < 1.29 is 14.0 Å². The number of amides is 2. The van der Waals surface area contributed by atoms with Crippen LogP contribution in [-0.2, 0) is 4.79 Å². The van der Waals surface area contributed by atoms with Crippen molar-refractivity contribution in [2.45, 2.75) is 11.8 Å². The van der Waals surface area contributed by atoms with Crippen molar-refractivity contribution >= 4 is 41.0 Å². The molecule has 0 saturated heterocycles. The van der Waals surface area contributed by atoms with Crippen molar-refractivity contribution in [1.82, 2.24) is 0 Å². The third kappa shape index (κ3) is 4.22. The van der Waals surface area contributed by atoms with E-state index < -0.39 is 0 Å². The Labute approximate surface area is 171 Å². The van der Waals surface area contributed by atoms with E-state index in [1.807, 2.05) is 42.5 Å². The maximum Gasteiger partial charge on any atom is 0.262 e. The van der Waals surface area contributed by atoms with Crippen molar-refractivity contribution in [2.75, 3.05) is 10.6 Å². The highest BCUT2D eigenvalue weighted by Crippen LogP contribution is 2.39. The third-order valence-electron chi connectivity index (χ3n) is 4.47. The lowest BCUT2D eigenvalue weighted by Crippen LogP contribution is -2.19. The molecule has 2 N–H and O–H groups in total. The zero-order valence-electron chi connectivity index (χ0n) is 15.5. The largest absolute Gasteiger partial charge is 0.322 e. The van der Waals surface area contributed by atoms with E-state index in [9.17, 15) is 14.0 Å². The van der Waals surface area contributed by atoms with Crippen LogP contribution in [0.15, 0.2) is 76.5 Å². The van der Waals surface area contributed by atoms with Gasteiger partial charge in [-0.25, -0.2) is 4.39 Å². The zero-order valence-corrected chi connectivity index (χ0v) is 16.3. The monoisotopic (exact) mass is 404 g/mol. The van der Waals surface area contributed by atoms with Crippen LogP contribution in [0.25, 0.3) is 6.08 Å². The second-order valence-electron chi connectivity index (χ2n) is 6.60. The minimum absolute atomic E-state index is 0.210. The van der Waals surface area contributed by atoms with Gasteiger partial charge in [-0.1, -0.05) is 42.1 Å². The van der Waals surface area contributed by atoms with Gasteiger partial charge < -0.3 is 10.6 Å². The van der Waals surface area contributed by atoms with E-state index in [4.69, 9.17) is 0 Å². The molecule has 0 aliphatic carbocycles. The Morgan fingerprint density at radius 1 is 1.07 bits per heavy atom. The minimum Gasteiger partial charge on any atom is -0.322 e. The van der Waals surface area contributed by atoms with Crippen LogP contribution in [0.4, 0.5) is 15.8 Å². The summed E-state index contributed by atoms with van der Waals surface area (Å²) in [6, 6.07) is 19.0. The standard InChI is InChI=1S/C23H17FN2O2S/c1-14-11-17(24)8-9-18(14)25-22(27)16-7-10-20-19(13-16)26-23(28)21(29-20)12-15-5-3-2-4-6-15/h2-13H,1H3,(H,25,27)(H,26,28)/b21-12-. The second kappa shape index (κ2) is 7.93. The molecule has 1 aliphatic rings. The highest BCUT2D eigenvalue weighted by atomic mass is 32.2. The Morgan fingerprint density at radius 3 is 2.62 bits per heavy atom. The number of halogens is 1. The molecule has 3 aromatic rings. The van der Waals surface area contributed by atoms with Crippen LogP contribution in [-0.4, -0.2) is 11.8 Å². The molecule has 144 valence electrons. The van der Waals surface area contributed by atoms with Crippen molar-refractivity contribution in [3.63, 3.8) is 0 Å². The molecular formula is C23H17FN2O2S. The summed E-state index contributed by atoms with van der Waals surface area (Å²) in [5, 5.41) is 5.63. The van der Waals surface area contributed by atoms with Crippen molar-refractivity contribution in [2.24, 2.45) is 0 Å². The van der Waals surface area contributed by atoms with Crippen LogP contribution in [0.2, 0.25) is 0 Å². The number of hydrogen-bond acceptors (Lipinski definition) is 3. The van der Waals surface area contributed by atoms with E-state index in [2.05, 4.69) is 10.6 Å². The van der Waals surface area contributed by atoms with Gasteiger partial charge in [-0.05, 0) is 60.5 Å². The first kappa shape index (κ1) is 19.0. The molecule has 0 spiro atoms. The Balaban J connectivity index is 1.55. The Morgan fingerprint density at radius 2 is 1.86 bits per heavy atom. The molecule has 4 rings (SSSR count). The van der Waals surface area contributed by atoms with Gasteiger partial charge in [0, 0.05) is 16.1 Å². The molecule has 29 heavy (non-hydrogen) atoms. The Kier molecular flexibility index (Phi) is 5.18. The number of carbonyl (C=O) groups excluding carboxylic acids is 2. The average Bonchev–Trinajstić information content (AvgIpc) is 2.71. The third-order valence-corrected chi connectivity index (χ3v) is 5.57. The molecule has 0 atom stereocenters. The van der Waals surface area contributed by atoms with E-state index in [-0.39, 0.29) is 17.6 Å². The molecule has 6 heteroatoms. The number of carbonyl (C=O) groups is 2. The van der Waals surface area contributed by atoms with Crippen LogP contribution >= 0.6 is 11.8 Å². The highest BCUT2D eigenvalue weighted by Gasteiger charge is 2.22. The molecule has 2 amide bonds. The maximum absolute atomic E-state index is 13.2. The lowest BCUT2D eigenvalue weighted by Gasteiger charge is -2.19. The Hall–Kier alpha value is -3.38. The molecule has 1 aliphatic heterocycles. The number of thioether (sulfide) groups is 1. The number of fused-ring (bicyclic) bond motifs is 1. The molecule has 3 aromatic carbocycles. The quantitative estimate of drug-likeness (QED) is 0.569. The first-order valence-electron chi connectivity index (χ1n) is 8.97. The van der Waals surface area contributed by atoms with Gasteiger partial charge in [0.2, 0.25) is 0 Å². The van der Waals surface area contributed by atoms with Crippen LogP contribution in [0.5, 0.6) is 0 Å². The summed E-state index contributed by atoms with van der Waals surface area (Å²) in [6.07, 6.45) is 1.83. The van der Waals surface area contributed by atoms with Gasteiger partial charge in [0.05, 0.1) is 10.6 Å². The normalized spacial score (nSPS) is 14.3. The van der Waals surface area contributed by atoms with Gasteiger partial charge in [-0.2, -0.15) is 0 Å². The van der Waals surface area contributed by atoms with Crippen molar-refractivity contribution in [3.8, 4) is 0 Å². The first-order valence-corrected chi connectivity index (χ1v) is 9.79. The number of rotatable bonds is 3. The molecule has 0 saturated carbocycles. The predicted octanol–water partition coefficient (Wildman–Crippen LogP) is 5.47. The molecule has 0 unspecified atom stereocenters. The van der Waals surface area contributed by atoms with Gasteiger partial charge in [0.25, 0.3) is 11.8 Å². The SMILES string of the molecule is Cc1cc(F)ccc1NC(=O)c1ccc2c(c1)NC(=O)/C(=C/c1ccccc1)S2. The van der Waals surface area contributed by atoms with E-state index in [0.29, 0.717) is 27.4 Å². The topological polar surface area (TPSA) is 58.2 Å². The summed E-state index contributed by atoms with van der Waals surface area (Å²) in [7, 11) is 0. The van der Waals surface area contributed by atoms with Gasteiger partial charge >= 0.3 is 0 Å². The van der Waals surface area contributed by atoms with Gasteiger partial charge in [-0.3, -0.25) is 9.59 Å². The fraction of sp³-hybridized carbons (Fsp3) is 0.0435. The number of anilines is 2. The molecule has 0 aromatic heterocycles. The summed E-state index contributed by atoms with van der Waals surface area (Å²) < 4.78 is 13.2. The molecule has 0 radical (unpaired) electrons. The average molecular weight is 404 g/mol. The van der Waals surface area contributed by atoms with Crippen molar-refractivity contribution in [3.05, 3.63) is 94.1 Å². The predicted molar refractivity (Wildman–Crippen MR) is 114 cm³/mol. The van der Waals surface area contributed by atoms with E-state index in [0.717, 1.165) is 10.5 Å². The number of aryl methyl sites for hydroxylation is 1. The number of hydrogen-bond donors (Lipinski definition) is 2. The van der Waals surface area contributed by atoms with Crippen molar-refractivity contribution in [1.29, 1.82) is 0 Å². The molecule has 0 bridgehead atoms. The fourth-order valence-electron chi connectivity index (χ4n) is 2.96. The smallest absolute Gasteiger partial charge is 0.262 e. The summed E-state index contributed by atoms with van der Waals surface area (Å²) >= 11 is 1.36. The summed E-state index contributed by atoms with van der Waals surface area (Å²) in [4.78, 5) is 26.5. The van der Waals surface area contributed by atoms with Crippen LogP contribution in [0.3, 0.4) is 0 Å². The van der Waals surface area contributed by atoms with E-state index >= 15 is 0 Å². The highest BCUT2D eigenvalue weighted by molar-refractivity contribution is 8.04. The lowest BCUT2D eigenvalue weighted by atomic mass is 10.1. The van der Waals surface area contributed by atoms with Gasteiger partial charge in [0.15, 0.2) is 0 Å². The molecular weight excluding hydrogens is 387 g/mol. The maximum atomic E-state index is 13.2. The van der Waals surface area contributed by atoms with Crippen LogP contribution in [0, 0.1) is 12.7 Å². The molecule has 0 fully saturated rings. The summed E-state index contributed by atoms with van der Waals surface area (Å²) in [6.45, 7) is 1.73. The van der Waals surface area contributed by atoms with E-state index in [1.165, 1.54) is 30.0 Å². The van der Waals surface area contributed by atoms with Crippen LogP contribution < -0.4 is 10.6 Å².